The summed E-state index contributed by atoms with van der Waals surface area (Å²) in [5.41, 5.74) is 0. The van der Waals surface area contributed by atoms with E-state index in [2.05, 4.69) is 34.4 Å². The van der Waals surface area contributed by atoms with Gasteiger partial charge in [-0.05, 0) is 32.0 Å². The molecule has 2 heterocycles. The Hall–Kier alpha value is -1.29. The number of rotatable bonds is 3. The van der Waals surface area contributed by atoms with Gasteiger partial charge in [0.1, 0.15) is 0 Å². The molecular weight excluding hydrogens is 202 g/mol. The van der Waals surface area contributed by atoms with Crippen molar-refractivity contribution < 1.29 is 4.79 Å². The number of carbonyl (C=O) groups is 1. The van der Waals surface area contributed by atoms with Crippen LogP contribution in [0.25, 0.3) is 0 Å². The molecule has 16 heavy (non-hydrogen) atoms. The number of amides is 1. The fourth-order valence-corrected chi connectivity index (χ4v) is 2.27. The lowest BCUT2D eigenvalue weighted by atomic mass is 10.0. The van der Waals surface area contributed by atoms with E-state index in [1.165, 1.54) is 0 Å². The summed E-state index contributed by atoms with van der Waals surface area (Å²) in [7, 11) is 1.81. The van der Waals surface area contributed by atoms with Gasteiger partial charge in [-0.3, -0.25) is 4.79 Å². The molecule has 0 aromatic carbocycles. The molecule has 0 radical (unpaired) electrons. The number of aromatic nitrogens is 1. The number of carbonyl (C=O) groups excluding carboxylic acids is 1. The molecular formula is C12H19N3O. The smallest absolute Gasteiger partial charge is 0.236 e. The van der Waals surface area contributed by atoms with Gasteiger partial charge in [0.2, 0.25) is 5.91 Å². The van der Waals surface area contributed by atoms with Gasteiger partial charge in [-0.15, -0.1) is 0 Å². The third-order valence-electron chi connectivity index (χ3n) is 3.19. The van der Waals surface area contributed by atoms with E-state index in [-0.39, 0.29) is 5.91 Å². The third kappa shape index (κ3) is 2.44. The summed E-state index contributed by atoms with van der Waals surface area (Å²) in [4.78, 5) is 13.6. The van der Waals surface area contributed by atoms with Gasteiger partial charge < -0.3 is 14.8 Å². The van der Waals surface area contributed by atoms with Crippen molar-refractivity contribution in [1.82, 2.24) is 14.8 Å². The van der Waals surface area contributed by atoms with Crippen LogP contribution in [0.3, 0.4) is 0 Å². The molecule has 88 valence electrons. The van der Waals surface area contributed by atoms with E-state index in [9.17, 15) is 4.79 Å². The van der Waals surface area contributed by atoms with Crippen LogP contribution < -0.4 is 5.32 Å². The molecule has 1 aromatic rings. The first-order valence-corrected chi connectivity index (χ1v) is 5.86. The average Bonchev–Trinajstić information content (AvgIpc) is 2.83. The fourth-order valence-electron chi connectivity index (χ4n) is 2.27. The third-order valence-corrected chi connectivity index (χ3v) is 3.19. The van der Waals surface area contributed by atoms with Crippen LogP contribution >= 0.6 is 0 Å². The zero-order chi connectivity index (χ0) is 11.4. The predicted octanol–water partition coefficient (Wildman–Crippen LogP) is 0.871. The van der Waals surface area contributed by atoms with Gasteiger partial charge in [-0.1, -0.05) is 0 Å². The Morgan fingerprint density at radius 2 is 1.94 bits per heavy atom. The van der Waals surface area contributed by atoms with Gasteiger partial charge in [0.05, 0.1) is 6.54 Å². The van der Waals surface area contributed by atoms with E-state index in [0.29, 0.717) is 12.6 Å². The highest BCUT2D eigenvalue weighted by Gasteiger charge is 2.22. The highest BCUT2D eigenvalue weighted by Crippen LogP contribution is 2.22. The van der Waals surface area contributed by atoms with Crippen LogP contribution in [0, 0.1) is 0 Å². The number of piperidine rings is 1. The van der Waals surface area contributed by atoms with Crippen molar-refractivity contribution in [2.24, 2.45) is 0 Å². The van der Waals surface area contributed by atoms with E-state index in [1.54, 1.807) is 0 Å². The van der Waals surface area contributed by atoms with Crippen molar-refractivity contribution in [2.75, 3.05) is 26.7 Å². The van der Waals surface area contributed by atoms with Gasteiger partial charge in [0, 0.05) is 31.5 Å². The average molecular weight is 221 g/mol. The lowest BCUT2D eigenvalue weighted by Gasteiger charge is -2.32. The minimum atomic E-state index is 0.216. The van der Waals surface area contributed by atoms with Crippen molar-refractivity contribution in [3.8, 4) is 0 Å². The Morgan fingerprint density at radius 1 is 1.31 bits per heavy atom. The first kappa shape index (κ1) is 11.2. The Morgan fingerprint density at radius 3 is 2.50 bits per heavy atom. The van der Waals surface area contributed by atoms with Gasteiger partial charge in [0.15, 0.2) is 0 Å². The molecule has 0 atom stereocenters. The minimum absolute atomic E-state index is 0.216. The van der Waals surface area contributed by atoms with Gasteiger partial charge in [-0.25, -0.2) is 0 Å². The Balaban J connectivity index is 1.85. The zero-order valence-electron chi connectivity index (χ0n) is 9.72. The van der Waals surface area contributed by atoms with E-state index < -0.39 is 0 Å². The molecule has 4 heteroatoms. The van der Waals surface area contributed by atoms with Gasteiger partial charge >= 0.3 is 0 Å². The topological polar surface area (TPSA) is 37.3 Å². The number of nitrogens with zero attached hydrogens (tertiary/aromatic N) is 2. The monoisotopic (exact) mass is 221 g/mol. The molecule has 1 aliphatic rings. The fraction of sp³-hybridized carbons (Fsp3) is 0.583. The molecule has 1 aromatic heterocycles. The van der Waals surface area contributed by atoms with Crippen LogP contribution in [0.5, 0.6) is 0 Å². The molecule has 1 N–H and O–H groups in total. The molecule has 1 amide bonds. The zero-order valence-corrected chi connectivity index (χ0v) is 9.72. The summed E-state index contributed by atoms with van der Waals surface area (Å²) in [6.07, 6.45) is 6.33. The van der Waals surface area contributed by atoms with Crippen LogP contribution in [-0.4, -0.2) is 42.1 Å². The second kappa shape index (κ2) is 5.16. The SMILES string of the molecule is CNCC(=O)N1CCC(n2cccc2)CC1. The van der Waals surface area contributed by atoms with Crippen LogP contribution in [0.15, 0.2) is 24.5 Å². The first-order valence-electron chi connectivity index (χ1n) is 5.86. The van der Waals surface area contributed by atoms with E-state index in [1.807, 2.05) is 11.9 Å². The van der Waals surface area contributed by atoms with Gasteiger partial charge in [-0.2, -0.15) is 0 Å². The molecule has 0 unspecified atom stereocenters. The molecule has 4 nitrogen and oxygen atoms in total. The molecule has 2 rings (SSSR count). The van der Waals surface area contributed by atoms with Gasteiger partial charge in [0.25, 0.3) is 0 Å². The van der Waals surface area contributed by atoms with Crippen LogP contribution in [0.2, 0.25) is 0 Å². The molecule has 0 spiro atoms. The summed E-state index contributed by atoms with van der Waals surface area (Å²) >= 11 is 0. The summed E-state index contributed by atoms with van der Waals surface area (Å²) in [6.45, 7) is 2.21. The maximum atomic E-state index is 11.6. The van der Waals surface area contributed by atoms with E-state index >= 15 is 0 Å². The summed E-state index contributed by atoms with van der Waals surface area (Å²) < 4.78 is 2.25. The normalized spacial score (nSPS) is 17.7. The summed E-state index contributed by atoms with van der Waals surface area (Å²) in [5, 5.41) is 2.91. The van der Waals surface area contributed by atoms with Crippen LogP contribution in [-0.2, 0) is 4.79 Å². The molecule has 1 aliphatic heterocycles. The van der Waals surface area contributed by atoms with E-state index in [0.717, 1.165) is 25.9 Å². The number of likely N-dealkylation sites (N-methyl/N-ethyl adjacent to an activating group) is 1. The summed E-state index contributed by atoms with van der Waals surface area (Å²) in [6, 6.07) is 4.67. The van der Waals surface area contributed by atoms with Crippen molar-refractivity contribution in [3.63, 3.8) is 0 Å². The van der Waals surface area contributed by atoms with Crippen LogP contribution in [0.4, 0.5) is 0 Å². The number of hydrogen-bond donors (Lipinski definition) is 1. The quantitative estimate of drug-likeness (QED) is 0.822. The van der Waals surface area contributed by atoms with Crippen molar-refractivity contribution in [3.05, 3.63) is 24.5 Å². The van der Waals surface area contributed by atoms with Crippen molar-refractivity contribution in [2.45, 2.75) is 18.9 Å². The maximum absolute atomic E-state index is 11.6. The largest absolute Gasteiger partial charge is 0.351 e. The number of likely N-dealkylation sites (tertiary alicyclic amines) is 1. The van der Waals surface area contributed by atoms with Crippen molar-refractivity contribution >= 4 is 5.91 Å². The number of hydrogen-bond acceptors (Lipinski definition) is 2. The lowest BCUT2D eigenvalue weighted by Crippen LogP contribution is -2.42. The first-order chi connectivity index (χ1) is 7.81. The van der Waals surface area contributed by atoms with Crippen molar-refractivity contribution in [1.29, 1.82) is 0 Å². The predicted molar refractivity (Wildman–Crippen MR) is 63.2 cm³/mol. The summed E-state index contributed by atoms with van der Waals surface area (Å²) in [5.74, 6) is 0.216. The Kier molecular flexibility index (Phi) is 3.62. The second-order valence-electron chi connectivity index (χ2n) is 4.27. The molecule has 0 aliphatic carbocycles. The standard InChI is InChI=1S/C12H19N3O/c1-13-10-12(16)15-8-4-11(5-9-15)14-6-2-3-7-14/h2-3,6-7,11,13H,4-5,8-10H2,1H3. The highest BCUT2D eigenvalue weighted by molar-refractivity contribution is 5.78. The Bertz CT molecular complexity index is 326. The molecule has 1 saturated heterocycles. The Labute approximate surface area is 96.2 Å². The minimum Gasteiger partial charge on any atom is -0.351 e. The highest BCUT2D eigenvalue weighted by atomic mass is 16.2. The van der Waals surface area contributed by atoms with Crippen LogP contribution in [0.1, 0.15) is 18.9 Å². The number of nitrogens with one attached hydrogen (secondary N) is 1. The second-order valence-corrected chi connectivity index (χ2v) is 4.27. The molecule has 1 fully saturated rings. The molecule has 0 saturated carbocycles. The van der Waals surface area contributed by atoms with E-state index in [4.69, 9.17) is 0 Å². The molecule has 0 bridgehead atoms. The lowest BCUT2D eigenvalue weighted by molar-refractivity contribution is -0.131. The maximum Gasteiger partial charge on any atom is 0.236 e.